The number of alkyl halides is 2. The van der Waals surface area contributed by atoms with Crippen LogP contribution in [0.2, 0.25) is 41.2 Å². The third-order valence-corrected chi connectivity index (χ3v) is 18.8. The number of benzene rings is 3. The molecule has 0 amide bonds. The molecule has 0 atom stereocenters. The molecule has 1 N–H and O–H groups in total. The SMILES string of the molecule is CCCCCCCBr.CCCCCCCn1c[n+](Cc2ccc3ccccc3n2)c(Cl)c1Cl.CCCCCCCn1c[n+](Cc2ccc3ccccc3n2)c(Cl)c1Cl.CCCCCCCn1cnc(Cl)c1Cl.ClCc1ccc2ccccc2n1.Clc1nc[nH]c1Cl.[Cl-].[Cl-]. The van der Waals surface area contributed by atoms with Gasteiger partial charge in [-0.15, -0.1) is 11.6 Å². The van der Waals surface area contributed by atoms with Gasteiger partial charge in [0, 0.05) is 28.0 Å². The van der Waals surface area contributed by atoms with Crippen LogP contribution >= 0.6 is 120 Å². The molecule has 7 heterocycles. The number of para-hydroxylation sites is 3. The van der Waals surface area contributed by atoms with Gasteiger partial charge in [-0.2, -0.15) is 0 Å². The molecule has 93 heavy (non-hydrogen) atoms. The van der Waals surface area contributed by atoms with E-state index in [0.717, 1.165) is 88.7 Å². The fraction of sp³-hybridized carbons (Fsp3) is 0.443. The minimum Gasteiger partial charge on any atom is -1.00 e. The van der Waals surface area contributed by atoms with Crippen LogP contribution in [0, 0.1) is 0 Å². The second-order valence-corrected chi connectivity index (χ2v) is 26.0. The Morgan fingerprint density at radius 2 is 0.774 bits per heavy atom. The molecular formula is C70H89BrCl11N11. The van der Waals surface area contributed by atoms with Gasteiger partial charge >= 0.3 is 0 Å². The van der Waals surface area contributed by atoms with E-state index in [1.165, 1.54) is 121 Å². The minimum absolute atomic E-state index is 0. The molecule has 0 aliphatic heterocycles. The molecule has 0 aliphatic rings. The maximum Gasteiger partial charge on any atom is 0.255 e. The van der Waals surface area contributed by atoms with Crippen molar-refractivity contribution in [1.82, 2.24) is 43.6 Å². The minimum atomic E-state index is 0. The first-order valence-electron chi connectivity index (χ1n) is 32.0. The summed E-state index contributed by atoms with van der Waals surface area (Å²) in [5.74, 6) is 0.477. The van der Waals surface area contributed by atoms with Crippen LogP contribution < -0.4 is 33.9 Å². The molecule has 10 aromatic rings. The van der Waals surface area contributed by atoms with E-state index in [1.807, 2.05) is 120 Å². The first-order chi connectivity index (χ1) is 44.2. The predicted octanol–water partition coefficient (Wildman–Crippen LogP) is 17.5. The Morgan fingerprint density at radius 1 is 0.409 bits per heavy atom. The summed E-state index contributed by atoms with van der Waals surface area (Å²) in [5, 5.41) is 8.66. The number of imidazole rings is 4. The number of pyridine rings is 3. The van der Waals surface area contributed by atoms with Crippen molar-refractivity contribution < 1.29 is 33.9 Å². The number of aryl methyl sites for hydroxylation is 3. The first kappa shape index (κ1) is 83.6. The number of fused-ring (bicyclic) bond motifs is 3. The molecule has 10 rings (SSSR count). The molecule has 0 saturated carbocycles. The molecule has 3 aromatic carbocycles. The van der Waals surface area contributed by atoms with E-state index in [-0.39, 0.29) is 24.8 Å². The maximum absolute atomic E-state index is 6.43. The highest BCUT2D eigenvalue weighted by molar-refractivity contribution is 9.09. The highest BCUT2D eigenvalue weighted by Gasteiger charge is 2.22. The van der Waals surface area contributed by atoms with Gasteiger partial charge in [-0.05, 0) is 121 Å². The maximum atomic E-state index is 6.43. The summed E-state index contributed by atoms with van der Waals surface area (Å²) in [5.41, 5.74) is 5.88. The van der Waals surface area contributed by atoms with Crippen molar-refractivity contribution in [2.75, 3.05) is 5.33 Å². The summed E-state index contributed by atoms with van der Waals surface area (Å²) in [4.78, 5) is 23.9. The average Bonchev–Trinajstić information content (AvgIpc) is 1.85. The Kier molecular flexibility index (Phi) is 44.1. The molecule has 0 radical (unpaired) electrons. The molecule has 0 fully saturated rings. The number of nitrogens with zero attached hydrogens (tertiary/aromatic N) is 10. The summed E-state index contributed by atoms with van der Waals surface area (Å²) < 4.78 is 9.91. The Labute approximate surface area is 617 Å². The van der Waals surface area contributed by atoms with E-state index in [1.54, 1.807) is 6.33 Å². The average molecular weight is 1550 g/mol. The van der Waals surface area contributed by atoms with Crippen molar-refractivity contribution in [1.29, 1.82) is 0 Å². The van der Waals surface area contributed by atoms with E-state index in [0.29, 0.717) is 60.2 Å². The Morgan fingerprint density at radius 3 is 1.11 bits per heavy atom. The summed E-state index contributed by atoms with van der Waals surface area (Å²) in [6.45, 7) is 12.9. The highest BCUT2D eigenvalue weighted by Crippen LogP contribution is 2.24. The molecule has 0 aliphatic carbocycles. The summed E-state index contributed by atoms with van der Waals surface area (Å²) in [6, 6.07) is 36.5. The normalized spacial score (nSPS) is 10.6. The van der Waals surface area contributed by atoms with Gasteiger partial charge < -0.3 is 34.4 Å². The van der Waals surface area contributed by atoms with Crippen molar-refractivity contribution in [3.05, 3.63) is 193 Å². The van der Waals surface area contributed by atoms with E-state index in [9.17, 15) is 0 Å². The number of rotatable bonds is 28. The topological polar surface area (TPSA) is 103 Å². The Hall–Kier alpha value is -3.60. The zero-order chi connectivity index (χ0) is 65.6. The third kappa shape index (κ3) is 30.4. The quantitative estimate of drug-likeness (QED) is 0.0299. The lowest BCUT2D eigenvalue weighted by atomic mass is 10.1. The highest BCUT2D eigenvalue weighted by atomic mass is 79.9. The van der Waals surface area contributed by atoms with Gasteiger partial charge in [0.25, 0.3) is 20.6 Å². The van der Waals surface area contributed by atoms with Crippen LogP contribution in [0.3, 0.4) is 0 Å². The van der Waals surface area contributed by atoms with Gasteiger partial charge in [0.05, 0.1) is 65.3 Å². The van der Waals surface area contributed by atoms with Crippen LogP contribution in [0.15, 0.2) is 135 Å². The van der Waals surface area contributed by atoms with Crippen LogP contribution in [0.1, 0.15) is 173 Å². The second kappa shape index (κ2) is 49.0. The standard InChI is InChI=1S/2C20H24Cl2N3.C10H16Cl2N2.C10H8ClN.C7H15Br.C3H2Cl2N2.2ClH/c2*1-2-3-4-5-8-13-24-15-25(20(22)19(24)21)14-17-12-11-16-9-6-7-10-18(16)23-17;1-2-3-4-5-6-7-14-8-13-9(11)10(14)12;11-7-9-6-5-8-3-1-2-4-10(8)12-9;1-2-3-4-5-6-7-8;4-2-3(5)7-1-6-2;;/h2*6-7,9-12,15H,2-5,8,13-14H2,1H3;8H,2-7H2,1H3;1-6H,7H2;2-7H2,1H3;1H,(H,6,7);2*1H/q2*+1;;;;;;/p-2. The van der Waals surface area contributed by atoms with Gasteiger partial charge in [0.2, 0.25) is 12.7 Å². The van der Waals surface area contributed by atoms with Gasteiger partial charge in [-0.1, -0.05) is 253 Å². The lowest BCUT2D eigenvalue weighted by Gasteiger charge is -2.03. The molecule has 23 heteroatoms. The molecule has 0 bridgehead atoms. The van der Waals surface area contributed by atoms with E-state index in [4.69, 9.17) is 114 Å². The lowest BCUT2D eigenvalue weighted by Crippen LogP contribution is -3.00. The molecule has 11 nitrogen and oxygen atoms in total. The predicted molar refractivity (Wildman–Crippen MR) is 392 cm³/mol. The van der Waals surface area contributed by atoms with Gasteiger partial charge in [0.1, 0.15) is 23.4 Å². The van der Waals surface area contributed by atoms with Crippen LogP contribution in [0.4, 0.5) is 0 Å². The third-order valence-electron chi connectivity index (χ3n) is 14.7. The van der Waals surface area contributed by atoms with Crippen molar-refractivity contribution in [3.8, 4) is 0 Å². The van der Waals surface area contributed by atoms with Crippen LogP contribution in [-0.4, -0.2) is 48.9 Å². The zero-order valence-corrected chi connectivity index (χ0v) is 63.7. The largest absolute Gasteiger partial charge is 1.00 e. The molecule has 508 valence electrons. The number of hydrogen-bond acceptors (Lipinski definition) is 5. The Bertz CT molecular complexity index is 3470. The monoisotopic (exact) mass is 1550 g/mol. The smallest absolute Gasteiger partial charge is 0.255 e. The van der Waals surface area contributed by atoms with Crippen molar-refractivity contribution >= 4 is 153 Å². The molecule has 7 aromatic heterocycles. The van der Waals surface area contributed by atoms with Crippen LogP contribution in [0.5, 0.6) is 0 Å². The van der Waals surface area contributed by atoms with Crippen molar-refractivity contribution in [2.24, 2.45) is 0 Å². The number of halogens is 12. The van der Waals surface area contributed by atoms with Crippen LogP contribution in [0.25, 0.3) is 32.7 Å². The zero-order valence-electron chi connectivity index (χ0n) is 53.8. The van der Waals surface area contributed by atoms with E-state index < -0.39 is 0 Å². The van der Waals surface area contributed by atoms with E-state index in [2.05, 4.69) is 87.8 Å². The number of aromatic amines is 1. The summed E-state index contributed by atoms with van der Waals surface area (Å²) in [6.07, 6.45) is 32.7. The summed E-state index contributed by atoms with van der Waals surface area (Å²) in [7, 11) is 0. The molecule has 0 spiro atoms. The van der Waals surface area contributed by atoms with Crippen molar-refractivity contribution in [3.63, 3.8) is 0 Å². The number of hydrogen-bond donors (Lipinski definition) is 1. The number of unbranched alkanes of at least 4 members (excludes halogenated alkanes) is 16. The van der Waals surface area contributed by atoms with Gasteiger partial charge in [0.15, 0.2) is 10.3 Å². The molecular weight excluding hydrogens is 1460 g/mol. The van der Waals surface area contributed by atoms with Gasteiger partial charge in [-0.3, -0.25) is 4.98 Å². The Balaban J connectivity index is 0.000000308. The summed E-state index contributed by atoms with van der Waals surface area (Å²) >= 11 is 57.1. The fourth-order valence-corrected chi connectivity index (χ4v) is 11.6. The van der Waals surface area contributed by atoms with Crippen molar-refractivity contribution in [2.45, 2.75) is 195 Å². The number of H-pyrrole nitrogens is 1. The molecule has 0 unspecified atom stereocenters. The van der Waals surface area contributed by atoms with Gasteiger partial charge in [-0.25, -0.2) is 38.2 Å². The number of aromatic nitrogens is 11. The number of nitrogens with one attached hydrogen (secondary N) is 1. The molecule has 0 saturated heterocycles. The van der Waals surface area contributed by atoms with Crippen LogP contribution in [-0.2, 0) is 38.6 Å². The fourth-order valence-electron chi connectivity index (χ4n) is 9.59. The lowest BCUT2D eigenvalue weighted by molar-refractivity contribution is -0.686. The first-order valence-corrected chi connectivity index (χ1v) is 36.7. The second-order valence-electron chi connectivity index (χ2n) is 22.0. The van der Waals surface area contributed by atoms with E-state index >= 15 is 0 Å².